The Morgan fingerprint density at radius 1 is 1.52 bits per heavy atom. The molecule has 1 aliphatic heterocycles. The Morgan fingerprint density at radius 2 is 2.29 bits per heavy atom. The van der Waals surface area contributed by atoms with Gasteiger partial charge in [-0.2, -0.15) is 0 Å². The van der Waals surface area contributed by atoms with Gasteiger partial charge in [0.25, 0.3) is 5.92 Å². The fraction of sp³-hybridized carbons (Fsp3) is 0.467. The molecule has 1 aromatic rings. The second-order valence-corrected chi connectivity index (χ2v) is 5.45. The lowest BCUT2D eigenvalue weighted by Crippen LogP contribution is -2.36. The maximum absolute atomic E-state index is 12.6. The molecule has 21 heavy (non-hydrogen) atoms. The first kappa shape index (κ1) is 15.4. The van der Waals surface area contributed by atoms with Gasteiger partial charge in [0.2, 0.25) is 5.91 Å². The van der Waals surface area contributed by atoms with Crippen molar-refractivity contribution >= 4 is 11.6 Å². The number of alkyl halides is 2. The van der Waals surface area contributed by atoms with Crippen molar-refractivity contribution in [2.75, 3.05) is 18.0 Å². The molecule has 0 saturated carbocycles. The maximum Gasteiger partial charge on any atom is 0.264 e. The SMILES string of the molecule is Cc1cncc(N2CCC(NC(=O)C=CC(C)(F)F)C2)c1. The number of hydrogen-bond donors (Lipinski definition) is 1. The summed E-state index contributed by atoms with van der Waals surface area (Å²) in [5, 5.41) is 2.74. The van der Waals surface area contributed by atoms with Gasteiger partial charge in [0.1, 0.15) is 0 Å². The van der Waals surface area contributed by atoms with Crippen LogP contribution in [0.25, 0.3) is 0 Å². The summed E-state index contributed by atoms with van der Waals surface area (Å²) >= 11 is 0. The number of allylic oxidation sites excluding steroid dienone is 1. The monoisotopic (exact) mass is 295 g/mol. The van der Waals surface area contributed by atoms with Gasteiger partial charge in [-0.1, -0.05) is 0 Å². The second kappa shape index (κ2) is 6.20. The maximum atomic E-state index is 12.6. The molecule has 0 spiro atoms. The molecular formula is C15H19F2N3O. The van der Waals surface area contributed by atoms with Crippen molar-refractivity contribution in [1.29, 1.82) is 0 Å². The molecule has 0 aromatic carbocycles. The minimum atomic E-state index is -2.97. The smallest absolute Gasteiger partial charge is 0.264 e. The van der Waals surface area contributed by atoms with E-state index in [9.17, 15) is 13.6 Å². The van der Waals surface area contributed by atoms with E-state index in [1.165, 1.54) is 0 Å². The van der Waals surface area contributed by atoms with Gasteiger partial charge in [-0.25, -0.2) is 8.78 Å². The zero-order valence-corrected chi connectivity index (χ0v) is 12.1. The van der Waals surface area contributed by atoms with E-state index in [4.69, 9.17) is 0 Å². The summed E-state index contributed by atoms with van der Waals surface area (Å²) in [5.41, 5.74) is 2.09. The summed E-state index contributed by atoms with van der Waals surface area (Å²) in [6, 6.07) is 2.00. The molecule has 0 radical (unpaired) electrons. The standard InChI is InChI=1S/C15H19F2N3O/c1-11-7-13(9-18-8-11)20-6-4-12(10-20)19-14(21)3-5-15(2,16)17/h3,5,7-9,12H,4,6,10H2,1-2H3,(H,19,21). The average molecular weight is 295 g/mol. The average Bonchev–Trinajstić information content (AvgIpc) is 2.84. The van der Waals surface area contributed by atoms with Crippen LogP contribution in [0.1, 0.15) is 18.9 Å². The Bertz CT molecular complexity index is 540. The first-order valence-electron chi connectivity index (χ1n) is 6.88. The van der Waals surface area contributed by atoms with Crippen molar-refractivity contribution in [1.82, 2.24) is 10.3 Å². The number of aromatic nitrogens is 1. The van der Waals surface area contributed by atoms with Crippen LogP contribution in [0, 0.1) is 6.92 Å². The topological polar surface area (TPSA) is 45.2 Å². The number of nitrogens with one attached hydrogen (secondary N) is 1. The van der Waals surface area contributed by atoms with E-state index in [-0.39, 0.29) is 6.04 Å². The molecule has 0 aliphatic carbocycles. The van der Waals surface area contributed by atoms with Crippen LogP contribution in [0.4, 0.5) is 14.5 Å². The number of anilines is 1. The number of aryl methyl sites for hydroxylation is 1. The van der Waals surface area contributed by atoms with Crippen molar-refractivity contribution < 1.29 is 13.6 Å². The molecule has 1 fully saturated rings. The lowest BCUT2D eigenvalue weighted by atomic mass is 10.2. The van der Waals surface area contributed by atoms with Crippen LogP contribution in [0.3, 0.4) is 0 Å². The molecule has 1 amide bonds. The zero-order valence-electron chi connectivity index (χ0n) is 12.1. The van der Waals surface area contributed by atoms with Crippen molar-refractivity contribution in [3.05, 3.63) is 36.2 Å². The fourth-order valence-electron chi connectivity index (χ4n) is 2.30. The largest absolute Gasteiger partial charge is 0.368 e. The third-order valence-corrected chi connectivity index (χ3v) is 3.29. The number of carbonyl (C=O) groups excluding carboxylic acids is 1. The molecule has 2 heterocycles. The van der Waals surface area contributed by atoms with Gasteiger partial charge in [0.15, 0.2) is 0 Å². The summed E-state index contributed by atoms with van der Waals surface area (Å²) in [7, 11) is 0. The first-order chi connectivity index (χ1) is 9.83. The van der Waals surface area contributed by atoms with E-state index < -0.39 is 11.8 Å². The lowest BCUT2D eigenvalue weighted by molar-refractivity contribution is -0.117. The van der Waals surface area contributed by atoms with Crippen LogP contribution < -0.4 is 10.2 Å². The molecule has 1 unspecified atom stereocenters. The summed E-state index contributed by atoms with van der Waals surface area (Å²) in [5.74, 6) is -3.45. The van der Waals surface area contributed by atoms with Crippen LogP contribution in [0.15, 0.2) is 30.6 Å². The molecule has 114 valence electrons. The van der Waals surface area contributed by atoms with Gasteiger partial charge in [-0.3, -0.25) is 9.78 Å². The summed E-state index contributed by atoms with van der Waals surface area (Å²) in [6.45, 7) is 4.19. The Hall–Kier alpha value is -1.98. The molecule has 1 aliphatic rings. The summed E-state index contributed by atoms with van der Waals surface area (Å²) in [6.07, 6.45) is 5.87. The van der Waals surface area contributed by atoms with Gasteiger partial charge in [-0.05, 0) is 31.1 Å². The van der Waals surface area contributed by atoms with Crippen LogP contribution in [0.5, 0.6) is 0 Å². The van der Waals surface area contributed by atoms with Crippen LogP contribution in [0.2, 0.25) is 0 Å². The van der Waals surface area contributed by atoms with Gasteiger partial charge in [0, 0.05) is 38.3 Å². The number of halogens is 2. The second-order valence-electron chi connectivity index (χ2n) is 5.45. The van der Waals surface area contributed by atoms with Crippen molar-refractivity contribution in [2.45, 2.75) is 32.2 Å². The van der Waals surface area contributed by atoms with E-state index in [2.05, 4.69) is 15.2 Å². The van der Waals surface area contributed by atoms with Gasteiger partial charge >= 0.3 is 0 Å². The van der Waals surface area contributed by atoms with Gasteiger partial charge < -0.3 is 10.2 Å². The summed E-state index contributed by atoms with van der Waals surface area (Å²) in [4.78, 5) is 17.9. The van der Waals surface area contributed by atoms with E-state index in [1.54, 1.807) is 12.4 Å². The molecule has 1 N–H and O–H groups in total. The molecular weight excluding hydrogens is 276 g/mol. The quantitative estimate of drug-likeness (QED) is 0.867. The van der Waals surface area contributed by atoms with E-state index >= 15 is 0 Å². The number of hydrogen-bond acceptors (Lipinski definition) is 3. The third-order valence-electron chi connectivity index (χ3n) is 3.29. The van der Waals surface area contributed by atoms with E-state index in [0.717, 1.165) is 37.2 Å². The molecule has 1 atom stereocenters. The van der Waals surface area contributed by atoms with Crippen molar-refractivity contribution in [3.8, 4) is 0 Å². The third kappa shape index (κ3) is 4.81. The highest BCUT2D eigenvalue weighted by Gasteiger charge is 2.24. The van der Waals surface area contributed by atoms with E-state index in [0.29, 0.717) is 12.6 Å². The predicted octanol–water partition coefficient (Wildman–Crippen LogP) is 2.30. The Labute approximate surface area is 122 Å². The van der Waals surface area contributed by atoms with Crippen LogP contribution >= 0.6 is 0 Å². The Kier molecular flexibility index (Phi) is 4.55. The minimum absolute atomic E-state index is 0.0341. The first-order valence-corrected chi connectivity index (χ1v) is 6.88. The minimum Gasteiger partial charge on any atom is -0.368 e. The number of nitrogens with zero attached hydrogens (tertiary/aromatic N) is 2. The lowest BCUT2D eigenvalue weighted by Gasteiger charge is -2.18. The van der Waals surface area contributed by atoms with Crippen LogP contribution in [-0.2, 0) is 4.79 Å². The fourth-order valence-corrected chi connectivity index (χ4v) is 2.30. The number of carbonyl (C=O) groups is 1. The molecule has 1 aromatic heterocycles. The normalized spacial score (nSPS) is 19.2. The van der Waals surface area contributed by atoms with Crippen molar-refractivity contribution in [3.63, 3.8) is 0 Å². The number of rotatable bonds is 4. The van der Waals surface area contributed by atoms with Gasteiger partial charge in [0.05, 0.1) is 11.9 Å². The Balaban J connectivity index is 1.88. The molecule has 6 heteroatoms. The number of amides is 1. The number of pyridine rings is 1. The molecule has 2 rings (SSSR count). The molecule has 4 nitrogen and oxygen atoms in total. The highest BCUT2D eigenvalue weighted by molar-refractivity contribution is 5.87. The van der Waals surface area contributed by atoms with Crippen LogP contribution in [-0.4, -0.2) is 35.9 Å². The zero-order chi connectivity index (χ0) is 15.5. The Morgan fingerprint density at radius 3 is 2.95 bits per heavy atom. The highest BCUT2D eigenvalue weighted by Crippen LogP contribution is 2.20. The molecule has 0 bridgehead atoms. The highest BCUT2D eigenvalue weighted by atomic mass is 19.3. The summed E-state index contributed by atoms with van der Waals surface area (Å²) < 4.78 is 25.3. The molecule has 1 saturated heterocycles. The van der Waals surface area contributed by atoms with Gasteiger partial charge in [-0.15, -0.1) is 0 Å². The predicted molar refractivity (Wildman–Crippen MR) is 77.5 cm³/mol. The van der Waals surface area contributed by atoms with E-state index in [1.807, 2.05) is 13.0 Å². The van der Waals surface area contributed by atoms with Crippen molar-refractivity contribution in [2.24, 2.45) is 0 Å².